The van der Waals surface area contributed by atoms with E-state index in [4.69, 9.17) is 4.74 Å². The number of halogens is 1. The number of hydrogen-bond acceptors (Lipinski definition) is 4. The molecule has 2 aromatic rings. The minimum atomic E-state index is -1.01. The van der Waals surface area contributed by atoms with E-state index in [9.17, 15) is 9.90 Å². The van der Waals surface area contributed by atoms with Crippen LogP contribution in [0.2, 0.25) is 0 Å². The van der Waals surface area contributed by atoms with Crippen molar-refractivity contribution in [2.24, 2.45) is 5.92 Å². The molecule has 7 heteroatoms. The zero-order valence-electron chi connectivity index (χ0n) is 11.8. The Morgan fingerprint density at radius 1 is 1.48 bits per heavy atom. The van der Waals surface area contributed by atoms with Gasteiger partial charge in [0.05, 0.1) is 0 Å². The maximum Gasteiger partial charge on any atom is 0.339 e. The first-order chi connectivity index (χ1) is 9.97. The van der Waals surface area contributed by atoms with Gasteiger partial charge < -0.3 is 9.84 Å². The van der Waals surface area contributed by atoms with Gasteiger partial charge >= 0.3 is 5.97 Å². The lowest BCUT2D eigenvalue weighted by Crippen LogP contribution is -2.13. The third kappa shape index (κ3) is 4.16. The average molecular weight is 401 g/mol. The monoisotopic (exact) mass is 401 g/mol. The Morgan fingerprint density at radius 3 is 2.90 bits per heavy atom. The van der Waals surface area contributed by atoms with Crippen molar-refractivity contribution < 1.29 is 14.6 Å². The average Bonchev–Trinajstić information content (AvgIpc) is 2.83. The molecule has 21 heavy (non-hydrogen) atoms. The number of rotatable bonds is 6. The van der Waals surface area contributed by atoms with Crippen LogP contribution >= 0.6 is 22.6 Å². The van der Waals surface area contributed by atoms with Gasteiger partial charge in [0.1, 0.15) is 24.2 Å². The van der Waals surface area contributed by atoms with Gasteiger partial charge in [-0.2, -0.15) is 5.10 Å². The van der Waals surface area contributed by atoms with Gasteiger partial charge in [0.15, 0.2) is 5.82 Å². The van der Waals surface area contributed by atoms with E-state index in [-0.39, 0.29) is 12.2 Å². The van der Waals surface area contributed by atoms with Crippen LogP contribution in [0.25, 0.3) is 0 Å². The molecule has 0 aliphatic heterocycles. The fourth-order valence-electron chi connectivity index (χ4n) is 1.84. The summed E-state index contributed by atoms with van der Waals surface area (Å²) in [4.78, 5) is 15.4. The Labute approximate surface area is 136 Å². The predicted octanol–water partition coefficient (Wildman–Crippen LogP) is 2.82. The predicted molar refractivity (Wildman–Crippen MR) is 85.3 cm³/mol. The first kappa shape index (κ1) is 15.7. The van der Waals surface area contributed by atoms with Crippen molar-refractivity contribution in [1.82, 2.24) is 14.8 Å². The summed E-state index contributed by atoms with van der Waals surface area (Å²) >= 11 is 2.07. The molecule has 0 fully saturated rings. The molecule has 1 aromatic heterocycles. The van der Waals surface area contributed by atoms with Crippen LogP contribution in [0.1, 0.15) is 30.0 Å². The fraction of sp³-hybridized carbons (Fsp3) is 0.357. The molecule has 0 saturated heterocycles. The highest BCUT2D eigenvalue weighted by Crippen LogP contribution is 2.22. The lowest BCUT2D eigenvalue weighted by molar-refractivity contribution is 0.0691. The summed E-state index contributed by atoms with van der Waals surface area (Å²) in [5, 5.41) is 13.4. The SMILES string of the molecule is CC(C)Cn1ncnc1COc1ccc(I)cc1C(=O)O. The van der Waals surface area contributed by atoms with E-state index in [2.05, 4.69) is 46.5 Å². The number of aromatic nitrogens is 3. The molecule has 0 radical (unpaired) electrons. The first-order valence-electron chi connectivity index (χ1n) is 6.49. The quantitative estimate of drug-likeness (QED) is 0.754. The molecular weight excluding hydrogens is 385 g/mol. The van der Waals surface area contributed by atoms with E-state index >= 15 is 0 Å². The van der Waals surface area contributed by atoms with E-state index in [0.717, 1.165) is 10.1 Å². The summed E-state index contributed by atoms with van der Waals surface area (Å²) in [5.41, 5.74) is 0.150. The molecule has 0 unspecified atom stereocenters. The number of carboxylic acid groups (broad SMARTS) is 1. The van der Waals surface area contributed by atoms with Crippen LogP contribution in [0.4, 0.5) is 0 Å². The van der Waals surface area contributed by atoms with E-state index in [1.807, 2.05) is 0 Å². The van der Waals surface area contributed by atoms with Gasteiger partial charge in [-0.05, 0) is 46.7 Å². The number of hydrogen-bond donors (Lipinski definition) is 1. The summed E-state index contributed by atoms with van der Waals surface area (Å²) < 4.78 is 8.24. The molecule has 2 rings (SSSR count). The van der Waals surface area contributed by atoms with Gasteiger partial charge in [0.25, 0.3) is 0 Å². The fourth-order valence-corrected chi connectivity index (χ4v) is 2.33. The van der Waals surface area contributed by atoms with Gasteiger partial charge in [-0.25, -0.2) is 14.5 Å². The molecule has 1 aromatic carbocycles. The number of carboxylic acids is 1. The molecule has 6 nitrogen and oxygen atoms in total. The van der Waals surface area contributed by atoms with Crippen LogP contribution in [0.5, 0.6) is 5.75 Å². The van der Waals surface area contributed by atoms with E-state index < -0.39 is 5.97 Å². The van der Waals surface area contributed by atoms with Crippen LogP contribution in [-0.2, 0) is 13.2 Å². The maximum atomic E-state index is 11.2. The Balaban J connectivity index is 2.14. The highest BCUT2D eigenvalue weighted by Gasteiger charge is 2.13. The molecule has 0 aliphatic rings. The van der Waals surface area contributed by atoms with Crippen LogP contribution in [0, 0.1) is 9.49 Å². The molecule has 0 bridgehead atoms. The molecule has 0 amide bonds. The van der Waals surface area contributed by atoms with Crippen LogP contribution in [0.15, 0.2) is 24.5 Å². The van der Waals surface area contributed by atoms with Crippen molar-refractivity contribution in [3.8, 4) is 5.75 Å². The van der Waals surface area contributed by atoms with Crippen LogP contribution in [-0.4, -0.2) is 25.8 Å². The minimum absolute atomic E-state index is 0.150. The normalized spacial score (nSPS) is 10.9. The summed E-state index contributed by atoms with van der Waals surface area (Å²) in [5.74, 6) is 0.450. The summed E-state index contributed by atoms with van der Waals surface area (Å²) in [6.45, 7) is 5.12. The van der Waals surface area contributed by atoms with Crippen molar-refractivity contribution in [2.45, 2.75) is 27.0 Å². The molecule has 0 aliphatic carbocycles. The van der Waals surface area contributed by atoms with E-state index in [1.165, 1.54) is 6.33 Å². The van der Waals surface area contributed by atoms with Gasteiger partial charge in [0.2, 0.25) is 0 Å². The Kier molecular flexibility index (Phi) is 5.16. The van der Waals surface area contributed by atoms with Gasteiger partial charge in [0, 0.05) is 10.1 Å². The van der Waals surface area contributed by atoms with Gasteiger partial charge in [-0.3, -0.25) is 0 Å². The molecule has 0 spiro atoms. The highest BCUT2D eigenvalue weighted by molar-refractivity contribution is 14.1. The standard InChI is InChI=1S/C14H16IN3O3/c1-9(2)6-18-13(16-8-17-18)7-21-12-4-3-10(15)5-11(12)14(19)20/h3-5,8-9H,6-7H2,1-2H3,(H,19,20). The molecule has 0 atom stereocenters. The summed E-state index contributed by atoms with van der Waals surface area (Å²) in [6.07, 6.45) is 1.48. The van der Waals surface area contributed by atoms with E-state index in [1.54, 1.807) is 22.9 Å². The lowest BCUT2D eigenvalue weighted by Gasteiger charge is -2.11. The Morgan fingerprint density at radius 2 is 2.24 bits per heavy atom. The number of ether oxygens (including phenoxy) is 1. The number of aromatic carboxylic acids is 1. The zero-order chi connectivity index (χ0) is 15.4. The third-order valence-corrected chi connectivity index (χ3v) is 3.43. The largest absolute Gasteiger partial charge is 0.485 e. The summed E-state index contributed by atoms with van der Waals surface area (Å²) in [6, 6.07) is 5.05. The van der Waals surface area contributed by atoms with Crippen molar-refractivity contribution in [3.63, 3.8) is 0 Å². The highest BCUT2D eigenvalue weighted by atomic mass is 127. The first-order valence-corrected chi connectivity index (χ1v) is 7.57. The molecule has 112 valence electrons. The Hall–Kier alpha value is -1.64. The zero-order valence-corrected chi connectivity index (χ0v) is 13.9. The molecular formula is C14H16IN3O3. The van der Waals surface area contributed by atoms with Crippen molar-refractivity contribution in [3.05, 3.63) is 39.5 Å². The van der Waals surface area contributed by atoms with Gasteiger partial charge in [-0.15, -0.1) is 0 Å². The Bertz CT molecular complexity index is 640. The number of nitrogens with zero attached hydrogens (tertiary/aromatic N) is 3. The van der Waals surface area contributed by atoms with Crippen LogP contribution in [0.3, 0.4) is 0 Å². The summed E-state index contributed by atoms with van der Waals surface area (Å²) in [7, 11) is 0. The number of carbonyl (C=O) groups is 1. The number of benzene rings is 1. The van der Waals surface area contributed by atoms with Crippen LogP contribution < -0.4 is 4.74 Å². The van der Waals surface area contributed by atoms with Crippen molar-refractivity contribution in [1.29, 1.82) is 0 Å². The van der Waals surface area contributed by atoms with Gasteiger partial charge in [-0.1, -0.05) is 13.8 Å². The lowest BCUT2D eigenvalue weighted by atomic mass is 10.2. The topological polar surface area (TPSA) is 77.2 Å². The van der Waals surface area contributed by atoms with Crippen molar-refractivity contribution >= 4 is 28.6 Å². The molecule has 1 N–H and O–H groups in total. The smallest absolute Gasteiger partial charge is 0.339 e. The second-order valence-electron chi connectivity index (χ2n) is 4.99. The molecule has 1 heterocycles. The molecule has 0 saturated carbocycles. The maximum absolute atomic E-state index is 11.2. The minimum Gasteiger partial charge on any atom is -0.485 e. The second kappa shape index (κ2) is 6.88. The third-order valence-electron chi connectivity index (χ3n) is 2.76. The second-order valence-corrected chi connectivity index (χ2v) is 6.23. The van der Waals surface area contributed by atoms with Crippen molar-refractivity contribution in [2.75, 3.05) is 0 Å². The van der Waals surface area contributed by atoms with E-state index in [0.29, 0.717) is 17.5 Å².